The molecule has 0 heterocycles. The number of halogens is 1. The van der Waals surface area contributed by atoms with Crippen LogP contribution < -0.4 is 10.6 Å². The minimum atomic E-state index is -0.218. The fourth-order valence-corrected chi connectivity index (χ4v) is 2.05. The number of aryl methyl sites for hydroxylation is 1. The molecule has 0 saturated heterocycles. The van der Waals surface area contributed by atoms with E-state index < -0.39 is 0 Å². The van der Waals surface area contributed by atoms with Gasteiger partial charge in [0.15, 0.2) is 0 Å². The van der Waals surface area contributed by atoms with E-state index in [1.54, 1.807) is 6.07 Å². The van der Waals surface area contributed by atoms with Crippen molar-refractivity contribution in [1.29, 1.82) is 0 Å². The van der Waals surface area contributed by atoms with Gasteiger partial charge in [-0.05, 0) is 50.1 Å². The normalized spacial score (nSPS) is 12.2. The Morgan fingerprint density at radius 1 is 1.42 bits per heavy atom. The molecule has 3 nitrogen and oxygen atoms in total. The van der Waals surface area contributed by atoms with Crippen molar-refractivity contribution in [3.8, 4) is 0 Å². The minimum absolute atomic E-state index is 0.0493. The van der Waals surface area contributed by atoms with Gasteiger partial charge in [0.25, 0.3) is 0 Å². The predicted molar refractivity (Wildman–Crippen MR) is 75.6 cm³/mol. The van der Waals surface area contributed by atoms with Crippen molar-refractivity contribution in [3.63, 3.8) is 0 Å². The number of rotatable bonds is 7. The summed E-state index contributed by atoms with van der Waals surface area (Å²) in [4.78, 5) is 11.6. The second kappa shape index (κ2) is 7.89. The molecular formula is C15H23FN2O. The zero-order valence-corrected chi connectivity index (χ0v) is 11.9. The highest BCUT2D eigenvalue weighted by Gasteiger charge is 2.07. The van der Waals surface area contributed by atoms with E-state index in [0.717, 1.165) is 24.1 Å². The number of carbonyl (C=O) groups is 1. The predicted octanol–water partition coefficient (Wildman–Crippen LogP) is 2.18. The highest BCUT2D eigenvalue weighted by atomic mass is 19.1. The molecule has 0 radical (unpaired) electrons. The van der Waals surface area contributed by atoms with E-state index in [0.29, 0.717) is 13.0 Å². The summed E-state index contributed by atoms with van der Waals surface area (Å²) < 4.78 is 12.9. The molecule has 0 aliphatic rings. The van der Waals surface area contributed by atoms with Gasteiger partial charge in [0.2, 0.25) is 5.91 Å². The number of nitrogens with one attached hydrogen (secondary N) is 2. The Hall–Kier alpha value is -1.42. The van der Waals surface area contributed by atoms with Crippen molar-refractivity contribution in [1.82, 2.24) is 10.6 Å². The van der Waals surface area contributed by atoms with Crippen molar-refractivity contribution in [2.24, 2.45) is 0 Å². The smallest absolute Gasteiger partial charge is 0.221 e. The zero-order valence-electron chi connectivity index (χ0n) is 11.9. The van der Waals surface area contributed by atoms with Crippen LogP contribution in [0.25, 0.3) is 0 Å². The number of carbonyl (C=O) groups excluding carboxylic acids is 1. The number of hydrogen-bond donors (Lipinski definition) is 2. The van der Waals surface area contributed by atoms with Gasteiger partial charge < -0.3 is 10.6 Å². The van der Waals surface area contributed by atoms with Crippen LogP contribution >= 0.6 is 0 Å². The molecule has 1 amide bonds. The molecule has 1 unspecified atom stereocenters. The van der Waals surface area contributed by atoms with Crippen LogP contribution in [0.15, 0.2) is 18.2 Å². The molecule has 0 fully saturated rings. The Morgan fingerprint density at radius 2 is 2.16 bits per heavy atom. The zero-order chi connectivity index (χ0) is 14.3. The summed E-state index contributed by atoms with van der Waals surface area (Å²) in [6, 6.07) is 4.94. The molecule has 0 aliphatic heterocycles. The van der Waals surface area contributed by atoms with Crippen molar-refractivity contribution in [2.45, 2.75) is 39.7 Å². The van der Waals surface area contributed by atoms with Crippen LogP contribution in [0.4, 0.5) is 4.39 Å². The van der Waals surface area contributed by atoms with E-state index in [1.165, 1.54) is 12.1 Å². The quantitative estimate of drug-likeness (QED) is 0.794. The van der Waals surface area contributed by atoms with Crippen LogP contribution in [0.5, 0.6) is 0 Å². The van der Waals surface area contributed by atoms with E-state index in [-0.39, 0.29) is 17.8 Å². The Bertz CT molecular complexity index is 421. The largest absolute Gasteiger partial charge is 0.356 e. The lowest BCUT2D eigenvalue weighted by Crippen LogP contribution is -2.34. The summed E-state index contributed by atoms with van der Waals surface area (Å²) in [5.74, 6) is -0.169. The van der Waals surface area contributed by atoms with Crippen LogP contribution in [-0.4, -0.2) is 25.0 Å². The van der Waals surface area contributed by atoms with E-state index >= 15 is 0 Å². The summed E-state index contributed by atoms with van der Waals surface area (Å²) in [5, 5.41) is 6.09. The first-order chi connectivity index (χ1) is 9.02. The molecule has 2 N–H and O–H groups in total. The molecule has 19 heavy (non-hydrogen) atoms. The minimum Gasteiger partial charge on any atom is -0.356 e. The molecule has 1 aromatic rings. The van der Waals surface area contributed by atoms with Gasteiger partial charge in [-0.2, -0.15) is 0 Å². The van der Waals surface area contributed by atoms with Gasteiger partial charge in [0.1, 0.15) is 5.82 Å². The second-order valence-corrected chi connectivity index (χ2v) is 4.83. The molecule has 0 aliphatic carbocycles. The summed E-state index contributed by atoms with van der Waals surface area (Å²) in [7, 11) is 0. The van der Waals surface area contributed by atoms with Crippen molar-refractivity contribution in [3.05, 3.63) is 35.1 Å². The Morgan fingerprint density at radius 3 is 2.79 bits per heavy atom. The van der Waals surface area contributed by atoms with Crippen LogP contribution in [0.1, 0.15) is 31.4 Å². The maximum atomic E-state index is 12.9. The molecule has 106 valence electrons. The fraction of sp³-hybridized carbons (Fsp3) is 0.533. The Balaban J connectivity index is 2.31. The summed E-state index contributed by atoms with van der Waals surface area (Å²) in [5.41, 5.74) is 2.00. The van der Waals surface area contributed by atoms with Crippen molar-refractivity contribution >= 4 is 5.91 Å². The van der Waals surface area contributed by atoms with Gasteiger partial charge >= 0.3 is 0 Å². The molecule has 0 spiro atoms. The molecule has 1 aromatic carbocycles. The van der Waals surface area contributed by atoms with Crippen LogP contribution in [0.2, 0.25) is 0 Å². The molecule has 4 heteroatoms. The van der Waals surface area contributed by atoms with Gasteiger partial charge in [-0.15, -0.1) is 0 Å². The molecule has 1 atom stereocenters. The fourth-order valence-electron chi connectivity index (χ4n) is 2.05. The van der Waals surface area contributed by atoms with Gasteiger partial charge in [0, 0.05) is 19.0 Å². The third-order valence-corrected chi connectivity index (χ3v) is 3.07. The van der Waals surface area contributed by atoms with E-state index in [2.05, 4.69) is 10.6 Å². The molecule has 1 rings (SSSR count). The Labute approximate surface area is 114 Å². The van der Waals surface area contributed by atoms with Gasteiger partial charge in [0.05, 0.1) is 0 Å². The lowest BCUT2D eigenvalue weighted by molar-refractivity contribution is -0.121. The summed E-state index contributed by atoms with van der Waals surface area (Å²) >= 11 is 0. The van der Waals surface area contributed by atoms with Crippen LogP contribution in [-0.2, 0) is 11.2 Å². The number of benzene rings is 1. The van der Waals surface area contributed by atoms with Crippen molar-refractivity contribution in [2.75, 3.05) is 13.1 Å². The van der Waals surface area contributed by atoms with E-state index in [4.69, 9.17) is 0 Å². The lowest BCUT2D eigenvalue weighted by atomic mass is 10.1. The second-order valence-electron chi connectivity index (χ2n) is 4.83. The molecule has 0 aromatic heterocycles. The monoisotopic (exact) mass is 266 g/mol. The first kappa shape index (κ1) is 15.6. The molecule has 0 saturated carbocycles. The Kier molecular flexibility index (Phi) is 6.50. The number of hydrogen-bond acceptors (Lipinski definition) is 2. The first-order valence-corrected chi connectivity index (χ1v) is 6.78. The van der Waals surface area contributed by atoms with Crippen molar-refractivity contribution < 1.29 is 9.18 Å². The molecule has 0 bridgehead atoms. The maximum Gasteiger partial charge on any atom is 0.221 e. The number of amides is 1. The highest BCUT2D eigenvalue weighted by molar-refractivity contribution is 5.76. The third-order valence-electron chi connectivity index (χ3n) is 3.07. The lowest BCUT2D eigenvalue weighted by Gasteiger charge is -2.12. The van der Waals surface area contributed by atoms with Gasteiger partial charge in [-0.25, -0.2) is 4.39 Å². The molecular weight excluding hydrogens is 243 g/mol. The highest BCUT2D eigenvalue weighted by Crippen LogP contribution is 2.10. The third kappa shape index (κ3) is 5.83. The van der Waals surface area contributed by atoms with E-state index in [1.807, 2.05) is 20.8 Å². The van der Waals surface area contributed by atoms with Gasteiger partial charge in [-0.3, -0.25) is 4.79 Å². The average Bonchev–Trinajstić information content (AvgIpc) is 2.32. The van der Waals surface area contributed by atoms with Gasteiger partial charge in [-0.1, -0.05) is 13.0 Å². The first-order valence-electron chi connectivity index (χ1n) is 6.78. The van der Waals surface area contributed by atoms with Crippen LogP contribution in [0.3, 0.4) is 0 Å². The SMILES string of the molecule is CCNC(C)CC(=O)NCCc1ccc(F)cc1C. The van der Waals surface area contributed by atoms with Crippen LogP contribution in [0, 0.1) is 12.7 Å². The topological polar surface area (TPSA) is 41.1 Å². The average molecular weight is 266 g/mol. The standard InChI is InChI=1S/C15H23FN2O/c1-4-17-12(3)10-15(19)18-8-7-13-5-6-14(16)9-11(13)2/h5-6,9,12,17H,4,7-8,10H2,1-3H3,(H,18,19). The van der Waals surface area contributed by atoms with E-state index in [9.17, 15) is 9.18 Å². The summed E-state index contributed by atoms with van der Waals surface area (Å²) in [6.07, 6.45) is 1.21. The maximum absolute atomic E-state index is 12.9. The summed E-state index contributed by atoms with van der Waals surface area (Å²) in [6.45, 7) is 7.35.